The van der Waals surface area contributed by atoms with Crippen molar-refractivity contribution in [2.75, 3.05) is 18.5 Å². The van der Waals surface area contributed by atoms with Gasteiger partial charge in [-0.05, 0) is 53.6 Å². The average molecular weight is 346 g/mol. The second-order valence-corrected chi connectivity index (χ2v) is 5.23. The number of urea groups is 1. The van der Waals surface area contributed by atoms with Crippen LogP contribution in [0.2, 0.25) is 0 Å². The summed E-state index contributed by atoms with van der Waals surface area (Å²) >= 11 is 2.21. The zero-order chi connectivity index (χ0) is 12.1. The van der Waals surface area contributed by atoms with Crippen LogP contribution >= 0.6 is 22.6 Å². The van der Waals surface area contributed by atoms with Crippen LogP contribution < -0.4 is 10.6 Å². The molecule has 1 unspecified atom stereocenters. The Balaban J connectivity index is 1.76. The molecule has 1 aromatic rings. The average Bonchev–Trinajstić information content (AvgIpc) is 2.79. The maximum atomic E-state index is 11.6. The molecule has 2 N–H and O–H groups in total. The minimum atomic E-state index is -0.178. The van der Waals surface area contributed by atoms with Gasteiger partial charge < -0.3 is 15.4 Å². The molecule has 1 heterocycles. The molecule has 2 amide bonds. The van der Waals surface area contributed by atoms with Crippen LogP contribution in [0.25, 0.3) is 0 Å². The highest BCUT2D eigenvalue weighted by molar-refractivity contribution is 14.1. The zero-order valence-corrected chi connectivity index (χ0v) is 11.6. The molecule has 1 saturated heterocycles. The second-order valence-electron chi connectivity index (χ2n) is 3.98. The molecule has 5 heteroatoms. The summed E-state index contributed by atoms with van der Waals surface area (Å²) in [5.74, 6) is 0. The quantitative estimate of drug-likeness (QED) is 0.827. The van der Waals surface area contributed by atoms with E-state index in [-0.39, 0.29) is 12.1 Å². The van der Waals surface area contributed by atoms with Crippen molar-refractivity contribution >= 4 is 34.3 Å². The van der Waals surface area contributed by atoms with E-state index in [1.807, 2.05) is 24.3 Å². The predicted octanol–water partition coefficient (Wildman–Crippen LogP) is 2.59. The van der Waals surface area contributed by atoms with E-state index in [2.05, 4.69) is 33.2 Å². The summed E-state index contributed by atoms with van der Waals surface area (Å²) in [4.78, 5) is 11.6. The second kappa shape index (κ2) is 6.20. The molecular formula is C12H15IN2O2. The summed E-state index contributed by atoms with van der Waals surface area (Å²) < 4.78 is 6.53. The first-order chi connectivity index (χ1) is 8.24. The van der Waals surface area contributed by atoms with Gasteiger partial charge >= 0.3 is 6.03 Å². The minimum absolute atomic E-state index is 0.177. The normalized spacial score (nSPS) is 19.0. The fourth-order valence-corrected chi connectivity index (χ4v) is 2.30. The van der Waals surface area contributed by atoms with Gasteiger partial charge in [0.25, 0.3) is 0 Å². The Morgan fingerprint density at radius 2 is 2.41 bits per heavy atom. The first-order valence-corrected chi connectivity index (χ1v) is 6.74. The topological polar surface area (TPSA) is 50.4 Å². The molecular weight excluding hydrogens is 331 g/mol. The Bertz CT molecular complexity index is 392. The molecule has 0 saturated carbocycles. The van der Waals surface area contributed by atoms with E-state index in [0.717, 1.165) is 28.7 Å². The molecule has 0 spiro atoms. The highest BCUT2D eigenvalue weighted by Gasteiger charge is 2.15. The Labute approximate surface area is 114 Å². The SMILES string of the molecule is O=C(NCC1CCCO1)Nc1cccc(I)c1. The lowest BCUT2D eigenvalue weighted by Crippen LogP contribution is -2.35. The van der Waals surface area contributed by atoms with Gasteiger partial charge in [-0.1, -0.05) is 6.07 Å². The van der Waals surface area contributed by atoms with Crippen LogP contribution in [0.15, 0.2) is 24.3 Å². The lowest BCUT2D eigenvalue weighted by Gasteiger charge is -2.11. The van der Waals surface area contributed by atoms with Crippen LogP contribution in [-0.4, -0.2) is 25.3 Å². The standard InChI is InChI=1S/C12H15IN2O2/c13-9-3-1-4-10(7-9)15-12(16)14-8-11-5-2-6-17-11/h1,3-4,7,11H,2,5-6,8H2,(H2,14,15,16). The van der Waals surface area contributed by atoms with E-state index in [9.17, 15) is 4.79 Å². The van der Waals surface area contributed by atoms with Crippen molar-refractivity contribution in [3.05, 3.63) is 27.8 Å². The van der Waals surface area contributed by atoms with E-state index in [1.54, 1.807) is 0 Å². The number of rotatable bonds is 3. The van der Waals surface area contributed by atoms with Crippen LogP contribution in [0.3, 0.4) is 0 Å². The van der Waals surface area contributed by atoms with Crippen LogP contribution in [0, 0.1) is 3.57 Å². The maximum absolute atomic E-state index is 11.6. The van der Waals surface area contributed by atoms with E-state index < -0.39 is 0 Å². The summed E-state index contributed by atoms with van der Waals surface area (Å²) in [5.41, 5.74) is 0.807. The number of carbonyl (C=O) groups is 1. The molecule has 1 atom stereocenters. The highest BCUT2D eigenvalue weighted by Crippen LogP contribution is 2.13. The van der Waals surface area contributed by atoms with Crippen molar-refractivity contribution in [1.82, 2.24) is 5.32 Å². The Morgan fingerprint density at radius 3 is 3.12 bits per heavy atom. The van der Waals surface area contributed by atoms with Crippen molar-refractivity contribution < 1.29 is 9.53 Å². The van der Waals surface area contributed by atoms with Crippen molar-refractivity contribution in [3.63, 3.8) is 0 Å². The van der Waals surface area contributed by atoms with Crippen LogP contribution in [-0.2, 0) is 4.74 Å². The number of anilines is 1. The lowest BCUT2D eigenvalue weighted by molar-refractivity contribution is 0.112. The number of hydrogen-bond acceptors (Lipinski definition) is 2. The smallest absolute Gasteiger partial charge is 0.319 e. The summed E-state index contributed by atoms with van der Waals surface area (Å²) in [7, 11) is 0. The van der Waals surface area contributed by atoms with Gasteiger partial charge in [0.05, 0.1) is 6.10 Å². The molecule has 1 aliphatic rings. The van der Waals surface area contributed by atoms with Gasteiger partial charge in [-0.2, -0.15) is 0 Å². The third kappa shape index (κ3) is 4.16. The first kappa shape index (κ1) is 12.6. The number of amides is 2. The molecule has 0 radical (unpaired) electrons. The maximum Gasteiger partial charge on any atom is 0.319 e. The molecule has 2 rings (SSSR count). The van der Waals surface area contributed by atoms with E-state index >= 15 is 0 Å². The fourth-order valence-electron chi connectivity index (χ4n) is 1.75. The molecule has 0 bridgehead atoms. The minimum Gasteiger partial charge on any atom is -0.376 e. The molecule has 0 aliphatic carbocycles. The van der Waals surface area contributed by atoms with Crippen molar-refractivity contribution in [3.8, 4) is 0 Å². The third-order valence-electron chi connectivity index (χ3n) is 2.60. The molecule has 92 valence electrons. The molecule has 1 fully saturated rings. The molecule has 4 nitrogen and oxygen atoms in total. The lowest BCUT2D eigenvalue weighted by atomic mass is 10.2. The highest BCUT2D eigenvalue weighted by atomic mass is 127. The first-order valence-electron chi connectivity index (χ1n) is 5.66. The van der Waals surface area contributed by atoms with E-state index in [4.69, 9.17) is 4.74 Å². The predicted molar refractivity (Wildman–Crippen MR) is 75.2 cm³/mol. The number of ether oxygens (including phenoxy) is 1. The van der Waals surface area contributed by atoms with Gasteiger partial charge in [0.1, 0.15) is 0 Å². The molecule has 17 heavy (non-hydrogen) atoms. The number of benzene rings is 1. The number of nitrogens with one attached hydrogen (secondary N) is 2. The van der Waals surface area contributed by atoms with Crippen molar-refractivity contribution in [2.24, 2.45) is 0 Å². The van der Waals surface area contributed by atoms with Gasteiger partial charge in [0.2, 0.25) is 0 Å². The van der Waals surface area contributed by atoms with Gasteiger partial charge in [-0.3, -0.25) is 0 Å². The summed E-state index contributed by atoms with van der Waals surface area (Å²) in [6.45, 7) is 1.39. The number of halogens is 1. The largest absolute Gasteiger partial charge is 0.376 e. The van der Waals surface area contributed by atoms with Crippen molar-refractivity contribution in [2.45, 2.75) is 18.9 Å². The van der Waals surface area contributed by atoms with Crippen molar-refractivity contribution in [1.29, 1.82) is 0 Å². The van der Waals surface area contributed by atoms with Crippen LogP contribution in [0.5, 0.6) is 0 Å². The number of carbonyl (C=O) groups excluding carboxylic acids is 1. The summed E-state index contributed by atoms with van der Waals surface area (Å²) in [5, 5.41) is 5.61. The Kier molecular flexibility index (Phi) is 4.61. The third-order valence-corrected chi connectivity index (χ3v) is 3.27. The Hall–Kier alpha value is -0.820. The zero-order valence-electron chi connectivity index (χ0n) is 9.41. The van der Waals surface area contributed by atoms with Crippen LogP contribution in [0.1, 0.15) is 12.8 Å². The molecule has 1 aliphatic heterocycles. The van der Waals surface area contributed by atoms with Gasteiger partial charge in [0, 0.05) is 22.4 Å². The van der Waals surface area contributed by atoms with Gasteiger partial charge in [-0.25, -0.2) is 4.79 Å². The van der Waals surface area contributed by atoms with Crippen LogP contribution in [0.4, 0.5) is 10.5 Å². The summed E-state index contributed by atoms with van der Waals surface area (Å²) in [6.07, 6.45) is 2.30. The van der Waals surface area contributed by atoms with Gasteiger partial charge in [0.15, 0.2) is 0 Å². The van der Waals surface area contributed by atoms with E-state index in [0.29, 0.717) is 6.54 Å². The number of hydrogen-bond donors (Lipinski definition) is 2. The van der Waals surface area contributed by atoms with Gasteiger partial charge in [-0.15, -0.1) is 0 Å². The summed E-state index contributed by atoms with van der Waals surface area (Å²) in [6, 6.07) is 7.51. The molecule has 0 aromatic heterocycles. The Morgan fingerprint density at radius 1 is 1.53 bits per heavy atom. The van der Waals surface area contributed by atoms with E-state index in [1.165, 1.54) is 0 Å². The monoisotopic (exact) mass is 346 g/mol. The fraction of sp³-hybridized carbons (Fsp3) is 0.417. The molecule has 1 aromatic carbocycles.